The smallest absolute Gasteiger partial charge is 0.140 e. The third-order valence-electron chi connectivity index (χ3n) is 1.76. The van der Waals surface area contributed by atoms with Crippen LogP contribution in [-0.4, -0.2) is 12.2 Å². The predicted octanol–water partition coefficient (Wildman–Crippen LogP) is 2.34. The molecule has 1 N–H and O–H groups in total. The van der Waals surface area contributed by atoms with E-state index in [9.17, 15) is 5.11 Å². The Balaban J connectivity index is 3.48. The van der Waals surface area contributed by atoms with Gasteiger partial charge in [-0.05, 0) is 28.9 Å². The van der Waals surface area contributed by atoms with Crippen molar-refractivity contribution >= 4 is 15.9 Å². The first kappa shape index (κ1) is 9.87. The summed E-state index contributed by atoms with van der Waals surface area (Å²) in [4.78, 5) is 0. The molecule has 0 fully saturated rings. The fourth-order valence-corrected chi connectivity index (χ4v) is 1.77. The van der Waals surface area contributed by atoms with Crippen LogP contribution in [0.25, 0.3) is 0 Å². The highest BCUT2D eigenvalue weighted by Gasteiger charge is 2.12. The zero-order valence-electron chi connectivity index (χ0n) is 7.26. The number of methoxy groups -OCH3 is 1. The Labute approximate surface area is 84.7 Å². The fraction of sp³-hybridized carbons (Fsp3) is 0.222. The lowest BCUT2D eigenvalue weighted by atomic mass is 10.1. The van der Waals surface area contributed by atoms with E-state index in [-0.39, 0.29) is 11.3 Å². The average molecular weight is 242 g/mol. The second-order valence-corrected chi connectivity index (χ2v) is 3.38. The van der Waals surface area contributed by atoms with Gasteiger partial charge in [0.2, 0.25) is 0 Å². The maximum atomic E-state index is 9.51. The zero-order valence-corrected chi connectivity index (χ0v) is 8.84. The van der Waals surface area contributed by atoms with Crippen LogP contribution >= 0.6 is 15.9 Å². The van der Waals surface area contributed by atoms with E-state index in [0.29, 0.717) is 15.8 Å². The largest absolute Gasteiger partial charge is 0.506 e. The highest BCUT2D eigenvalue weighted by molar-refractivity contribution is 9.10. The van der Waals surface area contributed by atoms with Crippen molar-refractivity contribution in [3.63, 3.8) is 0 Å². The molecule has 0 heterocycles. The molecule has 0 aliphatic heterocycles. The SMILES string of the molecule is COc1c(Br)cc(C#N)c(O)c1C. The second-order valence-electron chi connectivity index (χ2n) is 2.52. The maximum absolute atomic E-state index is 9.51. The van der Waals surface area contributed by atoms with Crippen LogP contribution < -0.4 is 4.74 Å². The number of benzene rings is 1. The molecule has 0 radical (unpaired) electrons. The highest BCUT2D eigenvalue weighted by Crippen LogP contribution is 2.36. The number of nitrogens with zero attached hydrogens (tertiary/aromatic N) is 1. The monoisotopic (exact) mass is 241 g/mol. The van der Waals surface area contributed by atoms with Gasteiger partial charge in [-0.1, -0.05) is 0 Å². The summed E-state index contributed by atoms with van der Waals surface area (Å²) in [5.74, 6) is 0.527. The standard InChI is InChI=1S/C9H8BrNO2/c1-5-8(12)6(4-11)3-7(10)9(5)13-2/h3,12H,1-2H3. The van der Waals surface area contributed by atoms with Crippen LogP contribution in [0.4, 0.5) is 0 Å². The van der Waals surface area contributed by atoms with Gasteiger partial charge in [0.25, 0.3) is 0 Å². The maximum Gasteiger partial charge on any atom is 0.140 e. The summed E-state index contributed by atoms with van der Waals surface area (Å²) in [6.07, 6.45) is 0. The van der Waals surface area contributed by atoms with Crippen LogP contribution in [0, 0.1) is 18.3 Å². The summed E-state index contributed by atoms with van der Waals surface area (Å²) in [5.41, 5.74) is 0.804. The molecule has 1 rings (SSSR count). The van der Waals surface area contributed by atoms with Gasteiger partial charge in [-0.2, -0.15) is 5.26 Å². The molecule has 13 heavy (non-hydrogen) atoms. The van der Waals surface area contributed by atoms with E-state index in [2.05, 4.69) is 15.9 Å². The number of nitriles is 1. The average Bonchev–Trinajstić information content (AvgIpc) is 2.12. The molecule has 0 aliphatic carbocycles. The van der Waals surface area contributed by atoms with Gasteiger partial charge >= 0.3 is 0 Å². The first-order valence-electron chi connectivity index (χ1n) is 3.58. The molecule has 0 amide bonds. The Kier molecular flexibility index (Phi) is 2.79. The van der Waals surface area contributed by atoms with Gasteiger partial charge in [-0.25, -0.2) is 0 Å². The normalized spacial score (nSPS) is 9.38. The molecular weight excluding hydrogens is 234 g/mol. The number of aromatic hydroxyl groups is 1. The van der Waals surface area contributed by atoms with Crippen molar-refractivity contribution in [2.75, 3.05) is 7.11 Å². The van der Waals surface area contributed by atoms with E-state index < -0.39 is 0 Å². The van der Waals surface area contributed by atoms with E-state index in [4.69, 9.17) is 10.00 Å². The van der Waals surface area contributed by atoms with Gasteiger partial charge in [0.15, 0.2) is 0 Å². The summed E-state index contributed by atoms with van der Waals surface area (Å²) in [6.45, 7) is 1.69. The summed E-state index contributed by atoms with van der Waals surface area (Å²) >= 11 is 3.25. The van der Waals surface area contributed by atoms with Crippen LogP contribution in [0.2, 0.25) is 0 Å². The molecule has 3 nitrogen and oxygen atoms in total. The van der Waals surface area contributed by atoms with Crippen molar-refractivity contribution in [1.82, 2.24) is 0 Å². The predicted molar refractivity (Wildman–Crippen MR) is 51.8 cm³/mol. The lowest BCUT2D eigenvalue weighted by Gasteiger charge is -2.09. The van der Waals surface area contributed by atoms with Gasteiger partial charge in [-0.3, -0.25) is 0 Å². The first-order valence-corrected chi connectivity index (χ1v) is 4.37. The molecule has 1 aromatic rings. The summed E-state index contributed by atoms with van der Waals surface area (Å²) < 4.78 is 5.71. The van der Waals surface area contributed by atoms with E-state index >= 15 is 0 Å². The highest BCUT2D eigenvalue weighted by atomic mass is 79.9. The third-order valence-corrected chi connectivity index (χ3v) is 2.35. The fourth-order valence-electron chi connectivity index (χ4n) is 1.09. The van der Waals surface area contributed by atoms with Crippen molar-refractivity contribution in [2.45, 2.75) is 6.92 Å². The molecule has 68 valence electrons. The van der Waals surface area contributed by atoms with Gasteiger partial charge in [0.1, 0.15) is 17.6 Å². The van der Waals surface area contributed by atoms with Gasteiger partial charge < -0.3 is 9.84 Å². The molecular formula is C9H8BrNO2. The van der Waals surface area contributed by atoms with Crippen LogP contribution in [0.3, 0.4) is 0 Å². The summed E-state index contributed by atoms with van der Waals surface area (Å²) in [6, 6.07) is 3.42. The van der Waals surface area contributed by atoms with Crippen LogP contribution in [0.1, 0.15) is 11.1 Å². The third kappa shape index (κ3) is 1.61. The topological polar surface area (TPSA) is 53.2 Å². The van der Waals surface area contributed by atoms with E-state index in [1.807, 2.05) is 6.07 Å². The molecule has 0 spiro atoms. The lowest BCUT2D eigenvalue weighted by Crippen LogP contribution is -1.91. The molecule has 0 unspecified atom stereocenters. The van der Waals surface area contributed by atoms with E-state index in [1.165, 1.54) is 13.2 Å². The Hall–Kier alpha value is -1.21. The number of phenols is 1. The quantitative estimate of drug-likeness (QED) is 0.822. The second kappa shape index (κ2) is 3.67. The van der Waals surface area contributed by atoms with Crippen molar-refractivity contribution in [1.29, 1.82) is 5.26 Å². The molecule has 0 atom stereocenters. The Morgan fingerprint density at radius 2 is 2.23 bits per heavy atom. The number of hydrogen-bond acceptors (Lipinski definition) is 3. The lowest BCUT2D eigenvalue weighted by molar-refractivity contribution is 0.400. The molecule has 0 aliphatic rings. The molecule has 0 bridgehead atoms. The number of hydrogen-bond donors (Lipinski definition) is 1. The number of halogens is 1. The van der Waals surface area contributed by atoms with Crippen LogP contribution in [-0.2, 0) is 0 Å². The number of phenolic OH excluding ortho intramolecular Hbond substituents is 1. The Morgan fingerprint density at radius 1 is 1.62 bits per heavy atom. The minimum atomic E-state index is -0.0254. The van der Waals surface area contributed by atoms with Crippen molar-refractivity contribution in [2.24, 2.45) is 0 Å². The van der Waals surface area contributed by atoms with Gasteiger partial charge in [0.05, 0.1) is 17.1 Å². The Bertz CT molecular complexity index is 378. The molecule has 0 aromatic heterocycles. The van der Waals surface area contributed by atoms with Crippen LogP contribution in [0.5, 0.6) is 11.5 Å². The molecule has 4 heteroatoms. The number of ether oxygens (including phenoxy) is 1. The zero-order chi connectivity index (χ0) is 10.0. The minimum Gasteiger partial charge on any atom is -0.506 e. The summed E-state index contributed by atoms with van der Waals surface area (Å²) in [7, 11) is 1.51. The van der Waals surface area contributed by atoms with Crippen LogP contribution in [0.15, 0.2) is 10.5 Å². The summed E-state index contributed by atoms with van der Waals surface area (Å²) in [5, 5.41) is 18.2. The number of rotatable bonds is 1. The Morgan fingerprint density at radius 3 is 2.69 bits per heavy atom. The van der Waals surface area contributed by atoms with Gasteiger partial charge in [-0.15, -0.1) is 0 Å². The molecule has 1 aromatic carbocycles. The van der Waals surface area contributed by atoms with Gasteiger partial charge in [0, 0.05) is 5.56 Å². The van der Waals surface area contributed by atoms with E-state index in [1.54, 1.807) is 6.92 Å². The van der Waals surface area contributed by atoms with Crippen molar-refractivity contribution < 1.29 is 9.84 Å². The first-order chi connectivity index (χ1) is 6.11. The van der Waals surface area contributed by atoms with E-state index in [0.717, 1.165) is 0 Å². The van der Waals surface area contributed by atoms with Crippen molar-refractivity contribution in [3.05, 3.63) is 21.7 Å². The van der Waals surface area contributed by atoms with Crippen molar-refractivity contribution in [3.8, 4) is 17.6 Å². The molecule has 0 saturated carbocycles. The molecule has 0 saturated heterocycles. The minimum absolute atomic E-state index is 0.0254.